The summed E-state index contributed by atoms with van der Waals surface area (Å²) in [5.41, 5.74) is -0.528. The van der Waals surface area contributed by atoms with Gasteiger partial charge in [0, 0.05) is 16.6 Å². The molecule has 0 radical (unpaired) electrons. The van der Waals surface area contributed by atoms with Crippen molar-refractivity contribution in [3.05, 3.63) is 49.6 Å². The third kappa shape index (κ3) is 3.26. The van der Waals surface area contributed by atoms with Crippen LogP contribution in [-0.2, 0) is 6.54 Å². The standard InChI is InChI=1S/C15H17BrN2O3/c1-9(2)7-8-18-14(20)12(13(19)17-15(18)21)10-5-3-4-6-11(10)16/h3-6,9,20H,7-8H2,1-2H3,(H,17,19,21). The largest absolute Gasteiger partial charge is 0.494 e. The van der Waals surface area contributed by atoms with Crippen LogP contribution >= 0.6 is 15.9 Å². The van der Waals surface area contributed by atoms with E-state index in [1.54, 1.807) is 18.2 Å². The van der Waals surface area contributed by atoms with Crippen LogP contribution in [0.1, 0.15) is 20.3 Å². The Balaban J connectivity index is 2.63. The molecule has 2 aromatic rings. The second-order valence-corrected chi connectivity index (χ2v) is 6.13. The number of hydrogen-bond donors (Lipinski definition) is 2. The van der Waals surface area contributed by atoms with Gasteiger partial charge in [0.1, 0.15) is 5.56 Å². The van der Waals surface area contributed by atoms with E-state index in [4.69, 9.17) is 0 Å². The van der Waals surface area contributed by atoms with Gasteiger partial charge in [-0.1, -0.05) is 48.0 Å². The Labute approximate surface area is 130 Å². The summed E-state index contributed by atoms with van der Waals surface area (Å²) in [5.74, 6) is 0.0893. The minimum atomic E-state index is -0.592. The molecule has 0 unspecified atom stereocenters. The zero-order chi connectivity index (χ0) is 15.6. The third-order valence-electron chi connectivity index (χ3n) is 3.25. The number of benzene rings is 1. The van der Waals surface area contributed by atoms with Crippen LogP contribution in [-0.4, -0.2) is 14.7 Å². The summed E-state index contributed by atoms with van der Waals surface area (Å²) in [6.07, 6.45) is 0.731. The molecule has 0 aliphatic rings. The molecule has 1 aromatic heterocycles. The highest BCUT2D eigenvalue weighted by Gasteiger charge is 2.17. The zero-order valence-corrected chi connectivity index (χ0v) is 13.5. The minimum Gasteiger partial charge on any atom is -0.494 e. The van der Waals surface area contributed by atoms with Gasteiger partial charge in [-0.2, -0.15) is 0 Å². The van der Waals surface area contributed by atoms with E-state index in [0.717, 1.165) is 6.42 Å². The smallest absolute Gasteiger partial charge is 0.331 e. The Bertz CT molecular complexity index is 762. The molecule has 1 aromatic carbocycles. The summed E-state index contributed by atoms with van der Waals surface area (Å²) in [6.45, 7) is 4.42. The maximum atomic E-state index is 12.1. The maximum absolute atomic E-state index is 12.1. The molecule has 0 saturated carbocycles. The maximum Gasteiger partial charge on any atom is 0.331 e. The number of nitrogens with zero attached hydrogens (tertiary/aromatic N) is 1. The molecule has 112 valence electrons. The fourth-order valence-electron chi connectivity index (χ4n) is 2.06. The van der Waals surface area contributed by atoms with Crippen molar-refractivity contribution < 1.29 is 5.11 Å². The van der Waals surface area contributed by atoms with Gasteiger partial charge in [0.15, 0.2) is 0 Å². The van der Waals surface area contributed by atoms with Crippen molar-refractivity contribution in [1.29, 1.82) is 0 Å². The van der Waals surface area contributed by atoms with Crippen LogP contribution in [0, 0.1) is 5.92 Å². The SMILES string of the molecule is CC(C)CCn1c(O)c(-c2ccccc2Br)c(=O)[nH]c1=O. The van der Waals surface area contributed by atoms with E-state index in [0.29, 0.717) is 22.5 Å². The number of aromatic hydroxyl groups is 1. The first-order chi connectivity index (χ1) is 9.91. The molecular weight excluding hydrogens is 336 g/mol. The van der Waals surface area contributed by atoms with Crippen molar-refractivity contribution >= 4 is 15.9 Å². The molecule has 1 heterocycles. The fourth-order valence-corrected chi connectivity index (χ4v) is 2.54. The predicted octanol–water partition coefficient (Wildman–Crippen LogP) is 2.72. The number of aromatic nitrogens is 2. The summed E-state index contributed by atoms with van der Waals surface area (Å²) in [4.78, 5) is 26.2. The van der Waals surface area contributed by atoms with Crippen LogP contribution < -0.4 is 11.2 Å². The van der Waals surface area contributed by atoms with E-state index in [1.807, 2.05) is 19.9 Å². The van der Waals surface area contributed by atoms with E-state index in [2.05, 4.69) is 20.9 Å². The molecule has 0 amide bonds. The average Bonchev–Trinajstić information content (AvgIpc) is 2.40. The van der Waals surface area contributed by atoms with Gasteiger partial charge < -0.3 is 5.11 Å². The monoisotopic (exact) mass is 352 g/mol. The number of rotatable bonds is 4. The van der Waals surface area contributed by atoms with Gasteiger partial charge in [0.2, 0.25) is 5.88 Å². The first-order valence-corrected chi connectivity index (χ1v) is 7.52. The van der Waals surface area contributed by atoms with Gasteiger partial charge in [-0.05, 0) is 18.4 Å². The van der Waals surface area contributed by atoms with Crippen molar-refractivity contribution in [3.63, 3.8) is 0 Å². The molecule has 0 bridgehead atoms. The molecule has 0 fully saturated rings. The number of aromatic amines is 1. The van der Waals surface area contributed by atoms with Gasteiger partial charge in [0.05, 0.1) is 0 Å². The van der Waals surface area contributed by atoms with Crippen molar-refractivity contribution in [2.45, 2.75) is 26.8 Å². The third-order valence-corrected chi connectivity index (χ3v) is 3.94. The average molecular weight is 353 g/mol. The molecule has 0 atom stereocenters. The van der Waals surface area contributed by atoms with E-state index < -0.39 is 11.2 Å². The quantitative estimate of drug-likeness (QED) is 0.888. The van der Waals surface area contributed by atoms with Gasteiger partial charge in [-0.3, -0.25) is 14.3 Å². The Morgan fingerprint density at radius 3 is 2.57 bits per heavy atom. The summed E-state index contributed by atoms with van der Waals surface area (Å²) in [6, 6.07) is 7.07. The molecular formula is C15H17BrN2O3. The lowest BCUT2D eigenvalue weighted by molar-refractivity contribution is 0.386. The first-order valence-electron chi connectivity index (χ1n) is 6.72. The molecule has 5 nitrogen and oxygen atoms in total. The first kappa shape index (κ1) is 15.6. The minimum absolute atomic E-state index is 0.103. The highest BCUT2D eigenvalue weighted by molar-refractivity contribution is 9.10. The van der Waals surface area contributed by atoms with Crippen molar-refractivity contribution in [2.75, 3.05) is 0 Å². The predicted molar refractivity (Wildman–Crippen MR) is 85.6 cm³/mol. The lowest BCUT2D eigenvalue weighted by Crippen LogP contribution is -2.31. The Kier molecular flexibility index (Phi) is 4.67. The summed E-state index contributed by atoms with van der Waals surface area (Å²) in [7, 11) is 0. The van der Waals surface area contributed by atoms with Gasteiger partial charge in [-0.15, -0.1) is 0 Å². The van der Waals surface area contributed by atoms with Gasteiger partial charge >= 0.3 is 5.69 Å². The number of H-pyrrole nitrogens is 1. The summed E-state index contributed by atoms with van der Waals surface area (Å²) in [5, 5.41) is 10.4. The van der Waals surface area contributed by atoms with E-state index in [-0.39, 0.29) is 11.4 Å². The number of nitrogens with one attached hydrogen (secondary N) is 1. The molecule has 0 aliphatic heterocycles. The normalized spacial score (nSPS) is 11.0. The lowest BCUT2D eigenvalue weighted by atomic mass is 10.1. The molecule has 2 N–H and O–H groups in total. The van der Waals surface area contributed by atoms with Crippen LogP contribution in [0.2, 0.25) is 0 Å². The second-order valence-electron chi connectivity index (χ2n) is 5.27. The van der Waals surface area contributed by atoms with Gasteiger partial charge in [-0.25, -0.2) is 4.79 Å². The van der Waals surface area contributed by atoms with Crippen molar-refractivity contribution in [3.8, 4) is 17.0 Å². The summed E-state index contributed by atoms with van der Waals surface area (Å²) >= 11 is 3.36. The lowest BCUT2D eigenvalue weighted by Gasteiger charge is -2.13. The molecule has 0 aliphatic carbocycles. The molecule has 2 rings (SSSR count). The van der Waals surface area contributed by atoms with Crippen LogP contribution in [0.25, 0.3) is 11.1 Å². The molecule has 0 saturated heterocycles. The second kappa shape index (κ2) is 6.30. The Hall–Kier alpha value is -1.82. The van der Waals surface area contributed by atoms with E-state index in [1.165, 1.54) is 4.57 Å². The topological polar surface area (TPSA) is 75.1 Å². The van der Waals surface area contributed by atoms with Crippen LogP contribution in [0.5, 0.6) is 5.88 Å². The highest BCUT2D eigenvalue weighted by atomic mass is 79.9. The van der Waals surface area contributed by atoms with E-state index in [9.17, 15) is 14.7 Å². The van der Waals surface area contributed by atoms with Gasteiger partial charge in [0.25, 0.3) is 5.56 Å². The van der Waals surface area contributed by atoms with Crippen LogP contribution in [0.15, 0.2) is 38.3 Å². The molecule has 0 spiro atoms. The van der Waals surface area contributed by atoms with E-state index >= 15 is 0 Å². The number of hydrogen-bond acceptors (Lipinski definition) is 3. The fraction of sp³-hybridized carbons (Fsp3) is 0.333. The van der Waals surface area contributed by atoms with Crippen LogP contribution in [0.4, 0.5) is 0 Å². The number of halogens is 1. The molecule has 6 heteroatoms. The van der Waals surface area contributed by atoms with Crippen molar-refractivity contribution in [1.82, 2.24) is 9.55 Å². The zero-order valence-electron chi connectivity index (χ0n) is 11.9. The summed E-state index contributed by atoms with van der Waals surface area (Å²) < 4.78 is 1.88. The highest BCUT2D eigenvalue weighted by Crippen LogP contribution is 2.30. The van der Waals surface area contributed by atoms with Crippen molar-refractivity contribution in [2.24, 2.45) is 5.92 Å². The van der Waals surface area contributed by atoms with Crippen LogP contribution in [0.3, 0.4) is 0 Å². The Morgan fingerprint density at radius 2 is 1.95 bits per heavy atom. The molecule has 21 heavy (non-hydrogen) atoms. The Morgan fingerprint density at radius 1 is 1.29 bits per heavy atom.